The van der Waals surface area contributed by atoms with Gasteiger partial charge in [0.2, 0.25) is 0 Å². The van der Waals surface area contributed by atoms with Gasteiger partial charge in [0.05, 0.1) is 8.48 Å². The molecule has 0 unspecified atom stereocenters. The minimum Gasteiger partial charge on any atom is -0.488 e. The third kappa shape index (κ3) is 3.60. The standard InChI is InChI=1S/C13H11IN2O2S/c1-2-5-18-10-4-3-8(6-9(10)14)7-11-12(17)16-13(15)19-11/h2-4,6-7H,1,5H2,(H2,15,16,17). The monoisotopic (exact) mass is 386 g/mol. The summed E-state index contributed by atoms with van der Waals surface area (Å²) in [4.78, 5) is 15.7. The molecule has 1 heterocycles. The molecule has 1 amide bonds. The molecule has 2 N–H and O–H groups in total. The Balaban J connectivity index is 2.19. The maximum atomic E-state index is 11.5. The van der Waals surface area contributed by atoms with Crippen LogP contribution < -0.4 is 10.5 Å². The normalized spacial score (nSPS) is 16.6. The van der Waals surface area contributed by atoms with Crippen molar-refractivity contribution in [3.05, 3.63) is 44.9 Å². The van der Waals surface area contributed by atoms with Gasteiger partial charge in [0.25, 0.3) is 5.91 Å². The third-order valence-corrected chi connectivity index (χ3v) is 3.90. The number of nitrogens with two attached hydrogens (primary N) is 1. The number of hydrogen-bond donors (Lipinski definition) is 1. The molecular weight excluding hydrogens is 375 g/mol. The summed E-state index contributed by atoms with van der Waals surface area (Å²) in [6.45, 7) is 4.07. The molecule has 0 fully saturated rings. The molecule has 0 aliphatic carbocycles. The molecule has 1 aromatic rings. The largest absolute Gasteiger partial charge is 0.488 e. The summed E-state index contributed by atoms with van der Waals surface area (Å²) < 4.78 is 6.46. The van der Waals surface area contributed by atoms with E-state index < -0.39 is 0 Å². The average molecular weight is 386 g/mol. The van der Waals surface area contributed by atoms with Crippen LogP contribution in [0.1, 0.15) is 5.56 Å². The zero-order valence-electron chi connectivity index (χ0n) is 9.93. The maximum absolute atomic E-state index is 11.5. The van der Waals surface area contributed by atoms with Crippen LogP contribution in [-0.2, 0) is 4.79 Å². The molecule has 0 saturated carbocycles. The van der Waals surface area contributed by atoms with Crippen molar-refractivity contribution >= 4 is 51.5 Å². The van der Waals surface area contributed by atoms with E-state index >= 15 is 0 Å². The highest BCUT2D eigenvalue weighted by Crippen LogP contribution is 2.28. The van der Waals surface area contributed by atoms with Gasteiger partial charge in [-0.1, -0.05) is 18.7 Å². The van der Waals surface area contributed by atoms with Crippen molar-refractivity contribution in [2.75, 3.05) is 6.61 Å². The van der Waals surface area contributed by atoms with Crippen LogP contribution >= 0.6 is 34.4 Å². The van der Waals surface area contributed by atoms with E-state index in [0.717, 1.165) is 14.9 Å². The second-order valence-corrected chi connectivity index (χ2v) is 5.88. The van der Waals surface area contributed by atoms with E-state index in [4.69, 9.17) is 10.5 Å². The SMILES string of the molecule is C=CCOc1ccc(C=C2SC(N)=NC2=O)cc1I. The third-order valence-electron chi connectivity index (χ3n) is 2.25. The Morgan fingerprint density at radius 2 is 2.32 bits per heavy atom. The van der Waals surface area contributed by atoms with Gasteiger partial charge in [0.15, 0.2) is 5.17 Å². The number of ether oxygens (including phenoxy) is 1. The predicted molar refractivity (Wildman–Crippen MR) is 87.0 cm³/mol. The van der Waals surface area contributed by atoms with Gasteiger partial charge in [0.1, 0.15) is 12.4 Å². The Morgan fingerprint density at radius 3 is 2.89 bits per heavy atom. The van der Waals surface area contributed by atoms with Gasteiger partial charge in [-0.3, -0.25) is 4.79 Å². The first kappa shape index (κ1) is 14.1. The molecule has 0 aromatic heterocycles. The number of thioether (sulfide) groups is 1. The van der Waals surface area contributed by atoms with Crippen molar-refractivity contribution in [1.29, 1.82) is 0 Å². The Bertz CT molecular complexity index is 596. The minimum absolute atomic E-state index is 0.288. The van der Waals surface area contributed by atoms with Crippen LogP contribution in [-0.4, -0.2) is 17.7 Å². The summed E-state index contributed by atoms with van der Waals surface area (Å²) in [7, 11) is 0. The molecule has 2 rings (SSSR count). The van der Waals surface area contributed by atoms with Gasteiger partial charge in [-0.2, -0.15) is 4.99 Å². The summed E-state index contributed by atoms with van der Waals surface area (Å²) in [6.07, 6.45) is 3.47. The quantitative estimate of drug-likeness (QED) is 0.491. The van der Waals surface area contributed by atoms with Gasteiger partial charge < -0.3 is 10.5 Å². The van der Waals surface area contributed by atoms with Crippen LogP contribution in [0, 0.1) is 3.57 Å². The van der Waals surface area contributed by atoms with E-state index in [9.17, 15) is 4.79 Å². The molecule has 0 saturated heterocycles. The Labute approximate surface area is 128 Å². The maximum Gasteiger partial charge on any atom is 0.286 e. The zero-order chi connectivity index (χ0) is 13.8. The van der Waals surface area contributed by atoms with E-state index in [-0.39, 0.29) is 11.1 Å². The number of amidine groups is 1. The smallest absolute Gasteiger partial charge is 0.286 e. The Hall–Kier alpha value is -1.28. The highest BCUT2D eigenvalue weighted by molar-refractivity contribution is 14.1. The number of amides is 1. The summed E-state index contributed by atoms with van der Waals surface area (Å²) in [5.74, 6) is 0.508. The van der Waals surface area contributed by atoms with E-state index in [1.807, 2.05) is 18.2 Å². The first-order chi connectivity index (χ1) is 9.10. The van der Waals surface area contributed by atoms with Crippen molar-refractivity contribution in [3.8, 4) is 5.75 Å². The van der Waals surface area contributed by atoms with Crippen molar-refractivity contribution in [3.63, 3.8) is 0 Å². The van der Waals surface area contributed by atoms with Gasteiger partial charge in [-0.25, -0.2) is 0 Å². The number of carbonyl (C=O) groups excluding carboxylic acids is 1. The van der Waals surface area contributed by atoms with Gasteiger partial charge >= 0.3 is 0 Å². The van der Waals surface area contributed by atoms with Crippen molar-refractivity contribution in [1.82, 2.24) is 0 Å². The number of nitrogens with zero attached hydrogens (tertiary/aromatic N) is 1. The number of carbonyl (C=O) groups is 1. The fraction of sp³-hybridized carbons (Fsp3) is 0.0769. The van der Waals surface area contributed by atoms with Crippen LogP contribution in [0.15, 0.2) is 40.8 Å². The first-order valence-corrected chi connectivity index (χ1v) is 7.31. The van der Waals surface area contributed by atoms with E-state index in [2.05, 4.69) is 34.2 Å². The molecule has 19 heavy (non-hydrogen) atoms. The number of halogens is 1. The fourth-order valence-corrected chi connectivity index (χ4v) is 2.83. The second-order valence-electron chi connectivity index (χ2n) is 3.66. The van der Waals surface area contributed by atoms with Crippen LogP contribution in [0.4, 0.5) is 0 Å². The zero-order valence-corrected chi connectivity index (χ0v) is 12.9. The molecule has 4 nitrogen and oxygen atoms in total. The highest BCUT2D eigenvalue weighted by Gasteiger charge is 2.19. The van der Waals surface area contributed by atoms with Gasteiger partial charge in [0, 0.05) is 0 Å². The first-order valence-electron chi connectivity index (χ1n) is 5.41. The number of benzene rings is 1. The minimum atomic E-state index is -0.288. The molecule has 98 valence electrons. The van der Waals surface area contributed by atoms with Gasteiger partial charge in [-0.05, 0) is 58.1 Å². The molecule has 1 aromatic carbocycles. The van der Waals surface area contributed by atoms with Crippen molar-refractivity contribution in [2.24, 2.45) is 10.7 Å². The van der Waals surface area contributed by atoms with Crippen LogP contribution in [0.25, 0.3) is 6.08 Å². The van der Waals surface area contributed by atoms with E-state index in [1.54, 1.807) is 12.2 Å². The molecule has 1 aliphatic rings. The second kappa shape index (κ2) is 6.25. The lowest BCUT2D eigenvalue weighted by Gasteiger charge is -2.06. The summed E-state index contributed by atoms with van der Waals surface area (Å²) in [6, 6.07) is 5.69. The van der Waals surface area contributed by atoms with Crippen molar-refractivity contribution < 1.29 is 9.53 Å². The Morgan fingerprint density at radius 1 is 1.53 bits per heavy atom. The molecule has 6 heteroatoms. The van der Waals surface area contributed by atoms with Crippen LogP contribution in [0.5, 0.6) is 5.75 Å². The summed E-state index contributed by atoms with van der Waals surface area (Å²) in [5.41, 5.74) is 6.41. The summed E-state index contributed by atoms with van der Waals surface area (Å²) >= 11 is 3.37. The Kier molecular flexibility index (Phi) is 4.65. The molecule has 0 spiro atoms. The average Bonchev–Trinajstić information content (AvgIpc) is 2.67. The van der Waals surface area contributed by atoms with Crippen LogP contribution in [0.2, 0.25) is 0 Å². The van der Waals surface area contributed by atoms with E-state index in [1.165, 1.54) is 11.8 Å². The number of aliphatic imine (C=N–C) groups is 1. The predicted octanol–water partition coefficient (Wildman–Crippen LogP) is 2.79. The lowest BCUT2D eigenvalue weighted by atomic mass is 10.2. The fourth-order valence-electron chi connectivity index (χ4n) is 1.45. The van der Waals surface area contributed by atoms with Crippen molar-refractivity contribution in [2.45, 2.75) is 0 Å². The number of hydrogen-bond acceptors (Lipinski definition) is 4. The molecule has 0 atom stereocenters. The van der Waals surface area contributed by atoms with Gasteiger partial charge in [-0.15, -0.1) is 0 Å². The van der Waals surface area contributed by atoms with E-state index in [0.29, 0.717) is 11.5 Å². The number of rotatable bonds is 4. The molecule has 0 bridgehead atoms. The molecular formula is C13H11IN2O2S. The molecule has 1 aliphatic heterocycles. The summed E-state index contributed by atoms with van der Waals surface area (Å²) in [5, 5.41) is 0.289. The molecule has 0 radical (unpaired) electrons. The van der Waals surface area contributed by atoms with Crippen LogP contribution in [0.3, 0.4) is 0 Å². The highest BCUT2D eigenvalue weighted by atomic mass is 127. The lowest BCUT2D eigenvalue weighted by Crippen LogP contribution is -2.01. The topological polar surface area (TPSA) is 64.7 Å². The lowest BCUT2D eigenvalue weighted by molar-refractivity contribution is -0.113.